The molecule has 0 saturated carbocycles. The molecule has 11 nitrogen and oxygen atoms in total. The van der Waals surface area contributed by atoms with Crippen LogP contribution in [-0.4, -0.2) is 61.1 Å². The summed E-state index contributed by atoms with van der Waals surface area (Å²) in [4.78, 5) is 30.0. The molecule has 0 bridgehead atoms. The van der Waals surface area contributed by atoms with Gasteiger partial charge in [0.2, 0.25) is 0 Å². The first-order chi connectivity index (χ1) is 17.4. The molecule has 11 heteroatoms. The molecule has 2 aliphatic heterocycles. The van der Waals surface area contributed by atoms with Crippen LogP contribution in [0.5, 0.6) is 0 Å². The van der Waals surface area contributed by atoms with E-state index < -0.39 is 30.3 Å². The number of fused-ring (bicyclic) bond motifs is 2. The predicted octanol–water partition coefficient (Wildman–Crippen LogP) is 1.81. The summed E-state index contributed by atoms with van der Waals surface area (Å²) in [7, 11) is 0. The lowest BCUT2D eigenvalue weighted by molar-refractivity contribution is -0.197. The number of hydrogen-bond acceptors (Lipinski definition) is 9. The van der Waals surface area contributed by atoms with Crippen molar-refractivity contribution in [3.05, 3.63) is 48.8 Å². The monoisotopic (exact) mass is 489 g/mol. The molecule has 5 heterocycles. The van der Waals surface area contributed by atoms with Crippen molar-refractivity contribution in [2.45, 2.75) is 57.0 Å². The molecule has 4 atom stereocenters. The van der Waals surface area contributed by atoms with Gasteiger partial charge in [0.1, 0.15) is 29.7 Å². The lowest BCUT2D eigenvalue weighted by atomic mass is 10.1. The SMILES string of the molecule is C=Cc1cccc(C#CCCCNC(=O)[C@H]2O[C@@H](n3cnc4c(N)ncnc43)[C@@H]3OC(C)(C)O[C@@H]32)n1. The van der Waals surface area contributed by atoms with Crippen molar-refractivity contribution in [1.82, 2.24) is 29.8 Å². The number of amides is 1. The van der Waals surface area contributed by atoms with Crippen LogP contribution in [0.4, 0.5) is 5.82 Å². The van der Waals surface area contributed by atoms with Crippen LogP contribution in [0.15, 0.2) is 37.4 Å². The molecule has 5 rings (SSSR count). The largest absolute Gasteiger partial charge is 0.382 e. The van der Waals surface area contributed by atoms with Gasteiger partial charge in [0.25, 0.3) is 5.91 Å². The second-order valence-electron chi connectivity index (χ2n) is 8.94. The summed E-state index contributed by atoms with van der Waals surface area (Å²) in [6.45, 7) is 7.77. The molecular formula is C25H27N7O4. The maximum atomic E-state index is 13.1. The number of anilines is 1. The lowest BCUT2D eigenvalue weighted by Crippen LogP contribution is -2.43. The Balaban J connectivity index is 1.23. The second kappa shape index (κ2) is 9.66. The lowest BCUT2D eigenvalue weighted by Gasteiger charge is -2.24. The minimum atomic E-state index is -0.868. The van der Waals surface area contributed by atoms with E-state index in [0.29, 0.717) is 36.2 Å². The fourth-order valence-electron chi connectivity index (χ4n) is 4.34. The van der Waals surface area contributed by atoms with Crippen LogP contribution in [-0.2, 0) is 19.0 Å². The highest BCUT2D eigenvalue weighted by Crippen LogP contribution is 2.43. The molecule has 186 valence electrons. The summed E-state index contributed by atoms with van der Waals surface area (Å²) in [5, 5.41) is 2.93. The number of imidazole rings is 1. The second-order valence-corrected chi connectivity index (χ2v) is 8.94. The highest BCUT2D eigenvalue weighted by molar-refractivity contribution is 5.83. The molecule has 3 N–H and O–H groups in total. The van der Waals surface area contributed by atoms with Crippen LogP contribution in [0.1, 0.15) is 44.3 Å². The molecule has 0 radical (unpaired) electrons. The third-order valence-electron chi connectivity index (χ3n) is 5.92. The Hall–Kier alpha value is -3.85. The third-order valence-corrected chi connectivity index (χ3v) is 5.92. The van der Waals surface area contributed by atoms with Crippen molar-refractivity contribution < 1.29 is 19.0 Å². The van der Waals surface area contributed by atoms with Crippen LogP contribution in [0.2, 0.25) is 0 Å². The average molecular weight is 490 g/mol. The van der Waals surface area contributed by atoms with Crippen LogP contribution in [0.25, 0.3) is 17.2 Å². The zero-order valence-corrected chi connectivity index (χ0v) is 20.0. The standard InChI is InChI=1S/C25H27N7O4/c1-4-15-10-8-11-16(31-15)9-6-5-7-12-27-23(33)19-18-20(36-25(2,3)35-18)24(34-19)32-14-30-17-21(26)28-13-29-22(17)32/h4,8,10-11,13-14,18-20,24H,1,5,7,12H2,2-3H3,(H,27,33)(H2,26,28,29)/t18-,19+,20-,24-/m1/s1. The zero-order chi connectivity index (χ0) is 25.3. The quantitative estimate of drug-likeness (QED) is 0.392. The normalized spacial score (nSPS) is 24.2. The van der Waals surface area contributed by atoms with E-state index in [-0.39, 0.29) is 11.7 Å². The highest BCUT2D eigenvalue weighted by Gasteiger charge is 2.58. The van der Waals surface area contributed by atoms with Gasteiger partial charge in [0, 0.05) is 13.0 Å². The number of carbonyl (C=O) groups excluding carboxylic acids is 1. The fraction of sp³-hybridized carbons (Fsp3) is 0.400. The Kier molecular flexibility index (Phi) is 6.40. The summed E-state index contributed by atoms with van der Waals surface area (Å²) >= 11 is 0. The molecule has 36 heavy (non-hydrogen) atoms. The number of rotatable bonds is 6. The first-order valence-corrected chi connectivity index (χ1v) is 11.7. The summed E-state index contributed by atoms with van der Waals surface area (Å²) in [5.41, 5.74) is 8.34. The topological polar surface area (TPSA) is 139 Å². The Morgan fingerprint density at radius 2 is 2.11 bits per heavy atom. The maximum absolute atomic E-state index is 13.1. The number of unbranched alkanes of at least 4 members (excludes halogenated alkanes) is 1. The molecule has 0 unspecified atom stereocenters. The molecule has 3 aromatic rings. The Labute approximate surface area is 208 Å². The van der Waals surface area contributed by atoms with Gasteiger partial charge in [-0.15, -0.1) is 0 Å². The highest BCUT2D eigenvalue weighted by atomic mass is 16.8. The summed E-state index contributed by atoms with van der Waals surface area (Å²) in [5.74, 6) is 5.23. The first kappa shape index (κ1) is 23.9. The summed E-state index contributed by atoms with van der Waals surface area (Å²) < 4.78 is 20.0. The van der Waals surface area contributed by atoms with E-state index in [2.05, 4.69) is 43.7 Å². The fourth-order valence-corrected chi connectivity index (χ4v) is 4.34. The van der Waals surface area contributed by atoms with Gasteiger partial charge in [-0.1, -0.05) is 18.6 Å². The molecule has 1 amide bonds. The number of aromatic nitrogens is 5. The van der Waals surface area contributed by atoms with Gasteiger partial charge in [-0.25, -0.2) is 19.9 Å². The number of nitrogens with two attached hydrogens (primary N) is 1. The molecule has 2 fully saturated rings. The Morgan fingerprint density at radius 1 is 1.28 bits per heavy atom. The minimum Gasteiger partial charge on any atom is -0.382 e. The average Bonchev–Trinajstić information content (AvgIpc) is 3.52. The molecule has 0 aliphatic carbocycles. The Morgan fingerprint density at radius 3 is 2.94 bits per heavy atom. The minimum absolute atomic E-state index is 0.263. The zero-order valence-electron chi connectivity index (χ0n) is 20.0. The van der Waals surface area contributed by atoms with E-state index in [1.165, 1.54) is 6.33 Å². The van der Waals surface area contributed by atoms with Crippen molar-refractivity contribution in [3.63, 3.8) is 0 Å². The van der Waals surface area contributed by atoms with Gasteiger partial charge in [0.15, 0.2) is 29.6 Å². The van der Waals surface area contributed by atoms with Crippen molar-refractivity contribution in [2.75, 3.05) is 12.3 Å². The first-order valence-electron chi connectivity index (χ1n) is 11.7. The number of nitrogen functional groups attached to an aromatic ring is 1. The van der Waals surface area contributed by atoms with E-state index in [0.717, 1.165) is 5.69 Å². The number of hydrogen-bond donors (Lipinski definition) is 2. The van der Waals surface area contributed by atoms with Crippen LogP contribution >= 0.6 is 0 Å². The molecule has 0 aromatic carbocycles. The number of nitrogens with zero attached hydrogens (tertiary/aromatic N) is 5. The van der Waals surface area contributed by atoms with Crippen LogP contribution < -0.4 is 11.1 Å². The van der Waals surface area contributed by atoms with Gasteiger partial charge < -0.3 is 25.3 Å². The van der Waals surface area contributed by atoms with E-state index in [4.69, 9.17) is 19.9 Å². The number of ether oxygens (including phenoxy) is 3. The van der Waals surface area contributed by atoms with E-state index >= 15 is 0 Å². The van der Waals surface area contributed by atoms with Crippen molar-refractivity contribution in [2.24, 2.45) is 0 Å². The van der Waals surface area contributed by atoms with Gasteiger partial charge in [-0.3, -0.25) is 9.36 Å². The van der Waals surface area contributed by atoms with Gasteiger partial charge in [-0.2, -0.15) is 0 Å². The maximum Gasteiger partial charge on any atom is 0.252 e. The van der Waals surface area contributed by atoms with Crippen molar-refractivity contribution >= 4 is 29.0 Å². The van der Waals surface area contributed by atoms with E-state index in [1.807, 2.05) is 32.0 Å². The Bertz CT molecular complexity index is 1360. The molecule has 2 aliphatic rings. The summed E-state index contributed by atoms with van der Waals surface area (Å²) in [6, 6.07) is 5.61. The third kappa shape index (κ3) is 4.66. The van der Waals surface area contributed by atoms with Gasteiger partial charge in [0.05, 0.1) is 12.0 Å². The number of nitrogens with one attached hydrogen (secondary N) is 1. The molecule has 2 saturated heterocycles. The van der Waals surface area contributed by atoms with Crippen LogP contribution in [0, 0.1) is 11.8 Å². The van der Waals surface area contributed by atoms with Gasteiger partial charge >= 0.3 is 0 Å². The molecular weight excluding hydrogens is 462 g/mol. The van der Waals surface area contributed by atoms with Crippen molar-refractivity contribution in [1.29, 1.82) is 0 Å². The predicted molar refractivity (Wildman–Crippen MR) is 131 cm³/mol. The summed E-state index contributed by atoms with van der Waals surface area (Å²) in [6.07, 6.45) is 3.22. The number of carbonyl (C=O) groups is 1. The van der Waals surface area contributed by atoms with E-state index in [9.17, 15) is 4.79 Å². The smallest absolute Gasteiger partial charge is 0.252 e. The number of pyridine rings is 1. The molecule has 0 spiro atoms. The van der Waals surface area contributed by atoms with E-state index in [1.54, 1.807) is 17.0 Å². The van der Waals surface area contributed by atoms with Gasteiger partial charge in [-0.05, 0) is 44.4 Å². The molecule has 3 aromatic heterocycles. The van der Waals surface area contributed by atoms with Crippen LogP contribution in [0.3, 0.4) is 0 Å². The van der Waals surface area contributed by atoms with Crippen molar-refractivity contribution in [3.8, 4) is 11.8 Å².